The van der Waals surface area contributed by atoms with Crippen LogP contribution in [0.3, 0.4) is 0 Å². The summed E-state index contributed by atoms with van der Waals surface area (Å²) < 4.78 is 0. The molecule has 1 atom stereocenters. The van der Waals surface area contributed by atoms with Gasteiger partial charge in [0, 0.05) is 51.4 Å². The van der Waals surface area contributed by atoms with Gasteiger partial charge in [0.15, 0.2) is 0 Å². The minimum Gasteiger partial charge on any atom is -0.340 e. The van der Waals surface area contributed by atoms with E-state index in [9.17, 15) is 4.79 Å². The zero-order valence-electron chi connectivity index (χ0n) is 18.7. The fourth-order valence-corrected chi connectivity index (χ4v) is 5.65. The molecule has 0 spiro atoms. The molecule has 3 aliphatic rings. The molecule has 4 nitrogen and oxygen atoms in total. The van der Waals surface area contributed by atoms with Gasteiger partial charge in [-0.15, -0.1) is 0 Å². The molecule has 2 heterocycles. The molecule has 2 saturated heterocycles. The van der Waals surface area contributed by atoms with Gasteiger partial charge in [-0.25, -0.2) is 0 Å². The normalized spacial score (nSPS) is 33.2. The van der Waals surface area contributed by atoms with Crippen molar-refractivity contribution >= 4 is 5.91 Å². The van der Waals surface area contributed by atoms with Gasteiger partial charge in [0.2, 0.25) is 5.91 Å². The SMILES string of the molecule is CC(C)C1CCC(N2CCN(C(=O)[C@@H]3CN(C(C)C)CC3(C)C)CC2)CC1. The number of nitrogens with zero attached hydrogens (tertiary/aromatic N) is 3. The number of hydrogen-bond acceptors (Lipinski definition) is 3. The molecule has 2 aliphatic heterocycles. The molecule has 1 amide bonds. The number of carbonyl (C=O) groups is 1. The first-order chi connectivity index (χ1) is 12.7. The Kier molecular flexibility index (Phi) is 6.57. The second-order valence-electron chi connectivity index (χ2n) is 10.7. The Hall–Kier alpha value is -0.610. The zero-order chi connectivity index (χ0) is 19.8. The van der Waals surface area contributed by atoms with E-state index in [1.165, 1.54) is 25.7 Å². The lowest BCUT2D eigenvalue weighted by Gasteiger charge is -2.43. The number of piperazine rings is 1. The molecule has 3 fully saturated rings. The molecule has 156 valence electrons. The summed E-state index contributed by atoms with van der Waals surface area (Å²) in [5, 5.41) is 0. The lowest BCUT2D eigenvalue weighted by atomic mass is 9.79. The fourth-order valence-electron chi connectivity index (χ4n) is 5.65. The average molecular weight is 378 g/mol. The van der Waals surface area contributed by atoms with Crippen LogP contribution in [0.2, 0.25) is 0 Å². The molecular weight excluding hydrogens is 334 g/mol. The van der Waals surface area contributed by atoms with Gasteiger partial charge in [-0.2, -0.15) is 0 Å². The number of carbonyl (C=O) groups excluding carboxylic acids is 1. The van der Waals surface area contributed by atoms with Crippen molar-refractivity contribution in [1.82, 2.24) is 14.7 Å². The van der Waals surface area contributed by atoms with Gasteiger partial charge >= 0.3 is 0 Å². The smallest absolute Gasteiger partial charge is 0.227 e. The van der Waals surface area contributed by atoms with Crippen molar-refractivity contribution in [3.8, 4) is 0 Å². The highest BCUT2D eigenvalue weighted by atomic mass is 16.2. The van der Waals surface area contributed by atoms with Crippen LogP contribution in [-0.4, -0.2) is 72.0 Å². The molecule has 0 aromatic carbocycles. The third-order valence-electron chi connectivity index (χ3n) is 7.83. The molecule has 3 rings (SSSR count). The maximum atomic E-state index is 13.3. The second-order valence-corrected chi connectivity index (χ2v) is 10.7. The van der Waals surface area contributed by atoms with Crippen LogP contribution in [0.15, 0.2) is 0 Å². The summed E-state index contributed by atoms with van der Waals surface area (Å²) in [7, 11) is 0. The first-order valence-corrected chi connectivity index (χ1v) is 11.5. The summed E-state index contributed by atoms with van der Waals surface area (Å²) >= 11 is 0. The van der Waals surface area contributed by atoms with E-state index in [1.807, 2.05) is 0 Å². The maximum absolute atomic E-state index is 13.3. The summed E-state index contributed by atoms with van der Waals surface area (Å²) in [6, 6.07) is 1.29. The summed E-state index contributed by atoms with van der Waals surface area (Å²) in [6.07, 6.45) is 5.50. The molecule has 1 saturated carbocycles. The number of likely N-dealkylation sites (tertiary alicyclic amines) is 1. The minimum absolute atomic E-state index is 0.0910. The minimum atomic E-state index is 0.0910. The first-order valence-electron chi connectivity index (χ1n) is 11.5. The zero-order valence-corrected chi connectivity index (χ0v) is 18.7. The van der Waals surface area contributed by atoms with Crippen LogP contribution in [0.25, 0.3) is 0 Å². The van der Waals surface area contributed by atoms with Crippen molar-refractivity contribution < 1.29 is 4.79 Å². The van der Waals surface area contributed by atoms with Crippen LogP contribution in [0.5, 0.6) is 0 Å². The van der Waals surface area contributed by atoms with Gasteiger partial charge < -0.3 is 4.90 Å². The predicted octanol–water partition coefficient (Wildman–Crippen LogP) is 3.71. The predicted molar refractivity (Wildman–Crippen MR) is 113 cm³/mol. The van der Waals surface area contributed by atoms with E-state index in [2.05, 4.69) is 56.2 Å². The van der Waals surface area contributed by atoms with Crippen molar-refractivity contribution in [3.05, 3.63) is 0 Å². The van der Waals surface area contributed by atoms with E-state index < -0.39 is 0 Å². The van der Waals surface area contributed by atoms with Crippen molar-refractivity contribution in [2.45, 2.75) is 79.3 Å². The van der Waals surface area contributed by atoms with Crippen LogP contribution in [0.1, 0.15) is 67.2 Å². The largest absolute Gasteiger partial charge is 0.340 e. The second kappa shape index (κ2) is 8.41. The highest BCUT2D eigenvalue weighted by Gasteiger charge is 2.46. The van der Waals surface area contributed by atoms with Gasteiger partial charge in [0.1, 0.15) is 0 Å². The number of rotatable bonds is 4. The van der Waals surface area contributed by atoms with Gasteiger partial charge in [0.05, 0.1) is 5.92 Å². The van der Waals surface area contributed by atoms with Gasteiger partial charge in [-0.1, -0.05) is 27.7 Å². The number of hydrogen-bond donors (Lipinski definition) is 0. The summed E-state index contributed by atoms with van der Waals surface area (Å²) in [5.74, 6) is 2.33. The van der Waals surface area contributed by atoms with E-state index in [0.717, 1.165) is 57.1 Å². The average Bonchev–Trinajstić information content (AvgIpc) is 2.97. The van der Waals surface area contributed by atoms with Crippen LogP contribution < -0.4 is 0 Å². The fraction of sp³-hybridized carbons (Fsp3) is 0.957. The molecule has 4 heteroatoms. The molecule has 0 N–H and O–H groups in total. The lowest BCUT2D eigenvalue weighted by Crippen LogP contribution is -2.54. The van der Waals surface area contributed by atoms with E-state index in [4.69, 9.17) is 0 Å². The van der Waals surface area contributed by atoms with E-state index in [1.54, 1.807) is 0 Å². The topological polar surface area (TPSA) is 26.8 Å². The molecule has 0 unspecified atom stereocenters. The molecule has 0 aromatic heterocycles. The van der Waals surface area contributed by atoms with E-state index in [0.29, 0.717) is 11.9 Å². The Labute approximate surface area is 167 Å². The molecule has 0 bridgehead atoms. The molecule has 0 radical (unpaired) electrons. The Morgan fingerprint density at radius 3 is 2.00 bits per heavy atom. The highest BCUT2D eigenvalue weighted by Crippen LogP contribution is 2.38. The van der Waals surface area contributed by atoms with Crippen LogP contribution in [0.4, 0.5) is 0 Å². The summed E-state index contributed by atoms with van der Waals surface area (Å²) in [6.45, 7) is 19.8. The Morgan fingerprint density at radius 2 is 1.52 bits per heavy atom. The van der Waals surface area contributed by atoms with E-state index in [-0.39, 0.29) is 11.3 Å². The lowest BCUT2D eigenvalue weighted by molar-refractivity contribution is -0.140. The van der Waals surface area contributed by atoms with Crippen LogP contribution in [-0.2, 0) is 4.79 Å². The highest BCUT2D eigenvalue weighted by molar-refractivity contribution is 5.80. The van der Waals surface area contributed by atoms with Crippen molar-refractivity contribution in [2.24, 2.45) is 23.2 Å². The summed E-state index contributed by atoms with van der Waals surface area (Å²) in [5.41, 5.74) is 0.0910. The maximum Gasteiger partial charge on any atom is 0.227 e. The third kappa shape index (κ3) is 4.70. The van der Waals surface area contributed by atoms with Gasteiger partial charge in [-0.05, 0) is 56.8 Å². The van der Waals surface area contributed by atoms with E-state index >= 15 is 0 Å². The van der Waals surface area contributed by atoms with Crippen LogP contribution >= 0.6 is 0 Å². The van der Waals surface area contributed by atoms with Crippen LogP contribution in [0, 0.1) is 23.2 Å². The number of amides is 1. The third-order valence-corrected chi connectivity index (χ3v) is 7.83. The van der Waals surface area contributed by atoms with Crippen molar-refractivity contribution in [1.29, 1.82) is 0 Å². The molecule has 27 heavy (non-hydrogen) atoms. The Balaban J connectivity index is 1.50. The Morgan fingerprint density at radius 1 is 0.926 bits per heavy atom. The first kappa shape index (κ1) is 21.1. The summed E-state index contributed by atoms with van der Waals surface area (Å²) in [4.78, 5) is 20.6. The van der Waals surface area contributed by atoms with Gasteiger partial charge in [0.25, 0.3) is 0 Å². The molecule has 0 aromatic rings. The standard InChI is InChI=1S/C23H43N3O/c1-17(2)19-7-9-20(10-8-19)24-11-13-25(14-12-24)22(27)21-15-26(18(3)4)16-23(21,5)6/h17-21H,7-16H2,1-6H3/t19?,20?,21-/m0/s1. The molecular formula is C23H43N3O. The Bertz CT molecular complexity index is 500. The monoisotopic (exact) mass is 377 g/mol. The van der Waals surface area contributed by atoms with Gasteiger partial charge in [-0.3, -0.25) is 14.6 Å². The quantitative estimate of drug-likeness (QED) is 0.747. The van der Waals surface area contributed by atoms with Crippen molar-refractivity contribution in [2.75, 3.05) is 39.3 Å². The van der Waals surface area contributed by atoms with Crippen molar-refractivity contribution in [3.63, 3.8) is 0 Å². The molecule has 1 aliphatic carbocycles.